The Morgan fingerprint density at radius 3 is 2.65 bits per heavy atom. The summed E-state index contributed by atoms with van der Waals surface area (Å²) in [6, 6.07) is -0.401. The lowest BCUT2D eigenvalue weighted by Crippen LogP contribution is -2.43. The van der Waals surface area contributed by atoms with Crippen molar-refractivity contribution in [3.8, 4) is 0 Å². The average Bonchev–Trinajstić information content (AvgIpc) is 2.72. The van der Waals surface area contributed by atoms with Crippen molar-refractivity contribution in [3.05, 3.63) is 6.33 Å². The van der Waals surface area contributed by atoms with Crippen molar-refractivity contribution in [2.75, 3.05) is 11.9 Å². The molecule has 0 saturated heterocycles. The average molecular weight is 241 g/mol. The third kappa shape index (κ3) is 3.70. The highest BCUT2D eigenvalue weighted by atomic mass is 16.3. The van der Waals surface area contributed by atoms with Gasteiger partial charge in [0.25, 0.3) is 0 Å². The number of hydrogen-bond donors (Lipinski definition) is 3. The van der Waals surface area contributed by atoms with Gasteiger partial charge in [-0.3, -0.25) is 5.32 Å². The second-order valence-corrected chi connectivity index (χ2v) is 3.95. The molecule has 0 atom stereocenters. The number of amides is 2. The fourth-order valence-corrected chi connectivity index (χ4v) is 1.30. The zero-order valence-corrected chi connectivity index (χ0v) is 10.4. The number of aromatic nitrogens is 3. The second kappa shape index (κ2) is 5.62. The van der Waals surface area contributed by atoms with Crippen LogP contribution < -0.4 is 10.6 Å². The Kier molecular flexibility index (Phi) is 4.45. The van der Waals surface area contributed by atoms with Gasteiger partial charge in [0.15, 0.2) is 0 Å². The van der Waals surface area contributed by atoms with Gasteiger partial charge in [0.05, 0.1) is 5.60 Å². The molecule has 3 N–H and O–H groups in total. The van der Waals surface area contributed by atoms with Crippen LogP contribution >= 0.6 is 0 Å². The topological polar surface area (TPSA) is 92.1 Å². The van der Waals surface area contributed by atoms with Crippen LogP contribution in [0.5, 0.6) is 0 Å². The van der Waals surface area contributed by atoms with Gasteiger partial charge in [0.2, 0.25) is 5.95 Å². The third-order valence-electron chi connectivity index (χ3n) is 2.83. The van der Waals surface area contributed by atoms with Crippen molar-refractivity contribution in [1.29, 1.82) is 0 Å². The lowest BCUT2D eigenvalue weighted by molar-refractivity contribution is 0.0354. The molecular formula is C10H19N5O2. The molecule has 0 saturated carbocycles. The number of hydrogen-bond acceptors (Lipinski definition) is 4. The molecular weight excluding hydrogens is 222 g/mol. The van der Waals surface area contributed by atoms with E-state index in [1.165, 1.54) is 11.0 Å². The van der Waals surface area contributed by atoms with Gasteiger partial charge in [-0.15, -0.1) is 0 Å². The standard InChI is InChI=1S/C10H19N5O2/c1-4-10(17,5-2)6-11-9(16)14-8-12-7-13-15(8)3/h7,17H,4-6H2,1-3H3,(H2,11,12,13,14,16). The molecule has 0 aliphatic carbocycles. The van der Waals surface area contributed by atoms with Gasteiger partial charge in [-0.05, 0) is 12.8 Å². The van der Waals surface area contributed by atoms with E-state index >= 15 is 0 Å². The zero-order chi connectivity index (χ0) is 12.9. The van der Waals surface area contributed by atoms with Crippen molar-refractivity contribution >= 4 is 12.0 Å². The molecule has 0 unspecified atom stereocenters. The van der Waals surface area contributed by atoms with Crippen LogP contribution in [0.4, 0.5) is 10.7 Å². The minimum absolute atomic E-state index is 0.212. The Morgan fingerprint density at radius 1 is 1.53 bits per heavy atom. The number of aliphatic hydroxyl groups is 1. The van der Waals surface area contributed by atoms with E-state index in [9.17, 15) is 9.90 Å². The van der Waals surface area contributed by atoms with Crippen molar-refractivity contribution in [2.45, 2.75) is 32.3 Å². The molecule has 0 aliphatic heterocycles. The summed E-state index contributed by atoms with van der Waals surface area (Å²) in [5.74, 6) is 0.360. The number of carbonyl (C=O) groups is 1. The lowest BCUT2D eigenvalue weighted by atomic mass is 9.98. The van der Waals surface area contributed by atoms with E-state index in [1.54, 1.807) is 7.05 Å². The molecule has 1 heterocycles. The molecule has 0 aromatic carbocycles. The van der Waals surface area contributed by atoms with Crippen molar-refractivity contribution in [3.63, 3.8) is 0 Å². The van der Waals surface area contributed by atoms with E-state index in [0.717, 1.165) is 0 Å². The maximum atomic E-state index is 11.5. The maximum Gasteiger partial charge on any atom is 0.321 e. The number of nitrogens with one attached hydrogen (secondary N) is 2. The highest BCUT2D eigenvalue weighted by molar-refractivity contribution is 5.87. The number of urea groups is 1. The smallest absolute Gasteiger partial charge is 0.321 e. The Hall–Kier alpha value is -1.63. The Bertz CT molecular complexity index is 373. The first-order valence-electron chi connectivity index (χ1n) is 5.62. The molecule has 96 valence electrons. The van der Waals surface area contributed by atoms with Crippen LogP contribution in [-0.2, 0) is 7.05 Å². The van der Waals surface area contributed by atoms with E-state index in [0.29, 0.717) is 18.8 Å². The predicted molar refractivity (Wildman–Crippen MR) is 63.6 cm³/mol. The van der Waals surface area contributed by atoms with Crippen LogP contribution in [0.15, 0.2) is 6.33 Å². The van der Waals surface area contributed by atoms with Gasteiger partial charge >= 0.3 is 6.03 Å². The predicted octanol–water partition coefficient (Wildman–Crippen LogP) is 0.488. The summed E-state index contributed by atoms with van der Waals surface area (Å²) < 4.78 is 1.45. The minimum atomic E-state index is -0.850. The Balaban J connectivity index is 2.43. The van der Waals surface area contributed by atoms with Gasteiger partial charge < -0.3 is 10.4 Å². The fraction of sp³-hybridized carbons (Fsp3) is 0.700. The fourth-order valence-electron chi connectivity index (χ4n) is 1.30. The zero-order valence-electron chi connectivity index (χ0n) is 10.4. The third-order valence-corrected chi connectivity index (χ3v) is 2.83. The van der Waals surface area contributed by atoms with Gasteiger partial charge in [-0.1, -0.05) is 13.8 Å². The molecule has 0 bridgehead atoms. The molecule has 0 fully saturated rings. The Morgan fingerprint density at radius 2 is 2.18 bits per heavy atom. The summed E-state index contributed by atoms with van der Waals surface area (Å²) in [5, 5.41) is 19.0. The summed E-state index contributed by atoms with van der Waals surface area (Å²) in [6.45, 7) is 3.97. The summed E-state index contributed by atoms with van der Waals surface area (Å²) >= 11 is 0. The monoisotopic (exact) mass is 241 g/mol. The van der Waals surface area contributed by atoms with E-state index in [4.69, 9.17) is 0 Å². The Labute approximate surface area is 100 Å². The molecule has 7 heteroatoms. The SMILES string of the molecule is CCC(O)(CC)CNC(=O)Nc1ncnn1C. The van der Waals surface area contributed by atoms with Crippen molar-refractivity contribution in [1.82, 2.24) is 20.1 Å². The molecule has 2 amide bonds. The van der Waals surface area contributed by atoms with E-state index in [-0.39, 0.29) is 6.54 Å². The van der Waals surface area contributed by atoms with Crippen molar-refractivity contribution in [2.24, 2.45) is 7.05 Å². The van der Waals surface area contributed by atoms with E-state index < -0.39 is 11.6 Å². The highest BCUT2D eigenvalue weighted by Crippen LogP contribution is 2.12. The van der Waals surface area contributed by atoms with Gasteiger partial charge in [-0.25, -0.2) is 9.48 Å². The van der Waals surface area contributed by atoms with E-state index in [2.05, 4.69) is 20.7 Å². The number of nitrogens with zero attached hydrogens (tertiary/aromatic N) is 3. The first-order chi connectivity index (χ1) is 8.00. The van der Waals surface area contributed by atoms with Crippen LogP contribution in [0, 0.1) is 0 Å². The summed E-state index contributed by atoms with van der Waals surface area (Å²) in [5.41, 5.74) is -0.850. The largest absolute Gasteiger partial charge is 0.388 e. The molecule has 0 radical (unpaired) electrons. The van der Waals surface area contributed by atoms with E-state index in [1.807, 2.05) is 13.8 Å². The van der Waals surface area contributed by atoms with Gasteiger partial charge in [0, 0.05) is 13.6 Å². The molecule has 1 aromatic rings. The van der Waals surface area contributed by atoms with Crippen LogP contribution in [0.25, 0.3) is 0 Å². The quantitative estimate of drug-likeness (QED) is 0.699. The second-order valence-electron chi connectivity index (χ2n) is 3.95. The first-order valence-corrected chi connectivity index (χ1v) is 5.62. The number of carbonyl (C=O) groups excluding carboxylic acids is 1. The summed E-state index contributed by atoms with van der Waals surface area (Å²) in [6.07, 6.45) is 2.53. The van der Waals surface area contributed by atoms with Crippen LogP contribution in [0.3, 0.4) is 0 Å². The lowest BCUT2D eigenvalue weighted by Gasteiger charge is -2.25. The van der Waals surface area contributed by atoms with Crippen LogP contribution in [0.1, 0.15) is 26.7 Å². The van der Waals surface area contributed by atoms with Crippen molar-refractivity contribution < 1.29 is 9.90 Å². The van der Waals surface area contributed by atoms with Crippen LogP contribution in [-0.4, -0.2) is 38.0 Å². The number of aryl methyl sites for hydroxylation is 1. The van der Waals surface area contributed by atoms with Crippen LogP contribution in [0.2, 0.25) is 0 Å². The van der Waals surface area contributed by atoms with Gasteiger partial charge in [0.1, 0.15) is 6.33 Å². The summed E-state index contributed by atoms with van der Waals surface area (Å²) in [7, 11) is 1.68. The molecule has 0 spiro atoms. The highest BCUT2D eigenvalue weighted by Gasteiger charge is 2.22. The van der Waals surface area contributed by atoms with Gasteiger partial charge in [-0.2, -0.15) is 10.1 Å². The molecule has 7 nitrogen and oxygen atoms in total. The number of rotatable bonds is 5. The molecule has 17 heavy (non-hydrogen) atoms. The first kappa shape index (κ1) is 13.4. The summed E-state index contributed by atoms with van der Waals surface area (Å²) in [4.78, 5) is 15.4. The normalized spacial score (nSPS) is 11.3. The molecule has 0 aliphatic rings. The molecule has 1 aromatic heterocycles. The molecule has 1 rings (SSSR count). The number of anilines is 1. The minimum Gasteiger partial charge on any atom is -0.388 e. The maximum absolute atomic E-state index is 11.5.